The lowest BCUT2D eigenvalue weighted by atomic mass is 10.2. The highest BCUT2D eigenvalue weighted by Crippen LogP contribution is 2.58. The smallest absolute Gasteiger partial charge is 0.407 e. The topological polar surface area (TPSA) is 64.6 Å². The largest absolute Gasteiger partial charge is 0.444 e. The number of carbonyl (C=O) groups excluding carboxylic acids is 1. The van der Waals surface area contributed by atoms with Crippen molar-refractivity contribution >= 4 is 24.0 Å². The van der Waals surface area contributed by atoms with Gasteiger partial charge in [-0.3, -0.25) is 4.57 Å². The fourth-order valence-electron chi connectivity index (χ4n) is 0.915. The molecule has 0 saturated heterocycles. The zero-order valence-electron chi connectivity index (χ0n) is 11.2. The van der Waals surface area contributed by atoms with Crippen LogP contribution in [0.3, 0.4) is 0 Å². The van der Waals surface area contributed by atoms with Gasteiger partial charge in [-0.1, -0.05) is 11.4 Å². The number of hydrogen-bond acceptors (Lipinski definition) is 5. The maximum Gasteiger partial charge on any atom is 0.407 e. The van der Waals surface area contributed by atoms with Gasteiger partial charge < -0.3 is 14.6 Å². The summed E-state index contributed by atoms with van der Waals surface area (Å²) in [5.74, 6) is 0.403. The number of amides is 1. The molecule has 0 fully saturated rings. The van der Waals surface area contributed by atoms with Crippen LogP contribution in [-0.2, 0) is 13.8 Å². The number of rotatable bonds is 6. The number of terminal acetylenes is 1. The summed E-state index contributed by atoms with van der Waals surface area (Å²) >= 11 is 1.04. The molecular weight excluding hydrogens is 273 g/mol. The molecule has 0 aliphatic heterocycles. The van der Waals surface area contributed by atoms with Gasteiger partial charge in [0.25, 0.3) is 0 Å². The number of alkyl carbamates (subject to hydrolysis) is 1. The third kappa shape index (κ3) is 8.46. The summed E-state index contributed by atoms with van der Waals surface area (Å²) in [4.78, 5) is 11.3. The molecule has 0 saturated carbocycles. The summed E-state index contributed by atoms with van der Waals surface area (Å²) in [5, 5.41) is 2.55. The van der Waals surface area contributed by atoms with E-state index in [1.165, 1.54) is 0 Å². The van der Waals surface area contributed by atoms with Crippen molar-refractivity contribution in [1.29, 1.82) is 0 Å². The molecule has 0 rings (SSSR count). The molecule has 18 heavy (non-hydrogen) atoms. The Morgan fingerprint density at radius 2 is 2.11 bits per heavy atom. The first-order valence-electron chi connectivity index (χ1n) is 5.56. The van der Waals surface area contributed by atoms with Gasteiger partial charge in [0.05, 0.1) is 6.61 Å². The lowest BCUT2D eigenvalue weighted by molar-refractivity contribution is 0.0531. The quantitative estimate of drug-likeness (QED) is 0.463. The molecule has 0 bridgehead atoms. The predicted octanol–water partition coefficient (Wildman–Crippen LogP) is 3.06. The number of nitrogens with one attached hydrogen (secondary N) is 1. The molecule has 0 aliphatic carbocycles. The Labute approximate surface area is 113 Å². The third-order valence-corrected chi connectivity index (χ3v) is 5.33. The van der Waals surface area contributed by atoms with Crippen molar-refractivity contribution in [1.82, 2.24) is 5.32 Å². The van der Waals surface area contributed by atoms with Crippen molar-refractivity contribution in [2.45, 2.75) is 33.3 Å². The molecule has 1 unspecified atom stereocenters. The fourth-order valence-corrected chi connectivity index (χ4v) is 3.67. The van der Waals surface area contributed by atoms with Crippen molar-refractivity contribution in [3.8, 4) is 12.1 Å². The van der Waals surface area contributed by atoms with E-state index in [9.17, 15) is 9.36 Å². The molecule has 0 spiro atoms. The minimum atomic E-state index is -3.05. The van der Waals surface area contributed by atoms with E-state index < -0.39 is 18.3 Å². The first kappa shape index (κ1) is 17.4. The van der Waals surface area contributed by atoms with E-state index in [2.05, 4.69) is 11.0 Å². The third-order valence-electron chi connectivity index (χ3n) is 1.49. The van der Waals surface area contributed by atoms with E-state index in [0.29, 0.717) is 18.9 Å². The van der Waals surface area contributed by atoms with Crippen LogP contribution in [0.5, 0.6) is 0 Å². The molecule has 0 heterocycles. The Hall–Kier alpha value is -0.630. The first-order chi connectivity index (χ1) is 8.22. The highest BCUT2D eigenvalue weighted by atomic mass is 32.7. The van der Waals surface area contributed by atoms with Gasteiger partial charge in [0.2, 0.25) is 0 Å². The molecule has 1 N–H and O–H groups in total. The van der Waals surface area contributed by atoms with Crippen molar-refractivity contribution < 1.29 is 18.6 Å². The first-order valence-corrected chi connectivity index (χ1v) is 8.78. The second kappa shape index (κ2) is 7.73. The molecule has 5 nitrogen and oxygen atoms in total. The van der Waals surface area contributed by atoms with Crippen LogP contribution >= 0.6 is 18.0 Å². The molecule has 104 valence electrons. The normalized spacial score (nSPS) is 14.4. The molecule has 1 atom stereocenters. The van der Waals surface area contributed by atoms with E-state index in [0.717, 1.165) is 11.4 Å². The zero-order chi connectivity index (χ0) is 14.2. The van der Waals surface area contributed by atoms with Gasteiger partial charge in [0.1, 0.15) is 5.60 Å². The van der Waals surface area contributed by atoms with Crippen molar-refractivity contribution in [2.75, 3.05) is 18.9 Å². The van der Waals surface area contributed by atoms with Crippen LogP contribution in [-0.4, -0.2) is 30.6 Å². The highest BCUT2D eigenvalue weighted by Gasteiger charge is 2.20. The average Bonchev–Trinajstić information content (AvgIpc) is 2.22. The van der Waals surface area contributed by atoms with Crippen LogP contribution in [0.25, 0.3) is 0 Å². The molecule has 0 aromatic carbocycles. The second-order valence-corrected chi connectivity index (χ2v) is 8.70. The minimum absolute atomic E-state index is 0.300. The lowest BCUT2D eigenvalue weighted by Gasteiger charge is -2.19. The van der Waals surface area contributed by atoms with Crippen LogP contribution < -0.4 is 5.32 Å². The Morgan fingerprint density at radius 3 is 2.56 bits per heavy atom. The van der Waals surface area contributed by atoms with Gasteiger partial charge in [-0.15, -0.1) is 6.42 Å². The van der Waals surface area contributed by atoms with Crippen LogP contribution in [0.2, 0.25) is 0 Å². The van der Waals surface area contributed by atoms with Gasteiger partial charge in [0.15, 0.2) is 0 Å². The van der Waals surface area contributed by atoms with Crippen LogP contribution in [0.15, 0.2) is 0 Å². The maximum atomic E-state index is 11.8. The van der Waals surface area contributed by atoms with Crippen molar-refractivity contribution in [2.24, 2.45) is 0 Å². The van der Waals surface area contributed by atoms with E-state index in [1.807, 2.05) is 0 Å². The molecule has 0 radical (unpaired) electrons. The number of hydrogen-bond donors (Lipinski definition) is 1. The molecule has 0 aliphatic rings. The monoisotopic (exact) mass is 293 g/mol. The minimum Gasteiger partial charge on any atom is -0.444 e. The Bertz CT molecular complexity index is 359. The van der Waals surface area contributed by atoms with Crippen molar-refractivity contribution in [3.63, 3.8) is 0 Å². The second-order valence-electron chi connectivity index (χ2n) is 4.31. The molecular formula is C11H20NO4PS. The fraction of sp³-hybridized carbons (Fsp3) is 0.727. The standard InChI is InChI=1S/C11H20NO4PS/c1-6-15-17(14,7-2)18-9-8-12-10(13)16-11(3,4)5/h2H,6,8-9H2,1,3-5H3,(H,12,13). The van der Waals surface area contributed by atoms with Gasteiger partial charge in [-0.25, -0.2) is 4.79 Å². The number of carbonyl (C=O) groups is 1. The van der Waals surface area contributed by atoms with E-state index in [1.54, 1.807) is 27.7 Å². The Balaban J connectivity index is 3.90. The van der Waals surface area contributed by atoms with Crippen molar-refractivity contribution in [3.05, 3.63) is 0 Å². The SMILES string of the molecule is C#CP(=O)(OCC)SCCNC(=O)OC(C)(C)C. The summed E-state index contributed by atoms with van der Waals surface area (Å²) in [6.07, 6.45) is 4.64. The summed E-state index contributed by atoms with van der Waals surface area (Å²) in [7, 11) is 0. The Morgan fingerprint density at radius 1 is 1.50 bits per heavy atom. The Kier molecular flexibility index (Phi) is 7.46. The summed E-state index contributed by atoms with van der Waals surface area (Å²) < 4.78 is 21.9. The van der Waals surface area contributed by atoms with Gasteiger partial charge in [0, 0.05) is 12.3 Å². The summed E-state index contributed by atoms with van der Waals surface area (Å²) in [6.45, 7) is 4.64. The molecule has 7 heteroatoms. The zero-order valence-corrected chi connectivity index (χ0v) is 12.9. The molecule has 0 aromatic heterocycles. The van der Waals surface area contributed by atoms with Gasteiger partial charge in [-0.2, -0.15) is 0 Å². The predicted molar refractivity (Wildman–Crippen MR) is 74.8 cm³/mol. The van der Waals surface area contributed by atoms with E-state index in [-0.39, 0.29) is 0 Å². The van der Waals surface area contributed by atoms with Crippen LogP contribution in [0.1, 0.15) is 27.7 Å². The maximum absolute atomic E-state index is 11.8. The van der Waals surface area contributed by atoms with E-state index >= 15 is 0 Å². The van der Waals surface area contributed by atoms with Crippen LogP contribution in [0.4, 0.5) is 4.79 Å². The average molecular weight is 293 g/mol. The summed E-state index contributed by atoms with van der Waals surface area (Å²) in [6, 6.07) is 0. The summed E-state index contributed by atoms with van der Waals surface area (Å²) in [5.41, 5.74) is 1.63. The lowest BCUT2D eigenvalue weighted by Crippen LogP contribution is -2.33. The number of ether oxygens (including phenoxy) is 1. The van der Waals surface area contributed by atoms with Gasteiger partial charge >= 0.3 is 12.7 Å². The molecule has 1 amide bonds. The van der Waals surface area contributed by atoms with E-state index in [4.69, 9.17) is 15.7 Å². The van der Waals surface area contributed by atoms with Crippen LogP contribution in [0, 0.1) is 12.1 Å². The highest BCUT2D eigenvalue weighted by molar-refractivity contribution is 8.58. The molecule has 0 aromatic rings. The van der Waals surface area contributed by atoms with Gasteiger partial charge in [-0.05, 0) is 33.4 Å².